The summed E-state index contributed by atoms with van der Waals surface area (Å²) in [4.78, 5) is 26.5. The van der Waals surface area contributed by atoms with Crippen molar-refractivity contribution in [2.75, 3.05) is 24.5 Å². The van der Waals surface area contributed by atoms with E-state index >= 15 is 0 Å². The second-order valence-electron chi connectivity index (χ2n) is 9.31. The number of carbonyl (C=O) groups excluding carboxylic acids is 1. The van der Waals surface area contributed by atoms with Gasteiger partial charge in [-0.15, -0.1) is 0 Å². The number of hydrogen-bond acceptors (Lipinski definition) is 5. The van der Waals surface area contributed by atoms with E-state index in [-0.39, 0.29) is 5.91 Å². The van der Waals surface area contributed by atoms with Crippen LogP contribution in [0.5, 0.6) is 0 Å². The van der Waals surface area contributed by atoms with Crippen LogP contribution in [-0.4, -0.2) is 58.5 Å². The summed E-state index contributed by atoms with van der Waals surface area (Å²) in [6, 6.07) is 1.68. The number of nitrogens with zero attached hydrogens (tertiary/aromatic N) is 4. The van der Waals surface area contributed by atoms with Crippen LogP contribution in [0.4, 0.5) is 5.95 Å². The highest BCUT2D eigenvalue weighted by Gasteiger charge is 2.42. The van der Waals surface area contributed by atoms with Gasteiger partial charge in [0.15, 0.2) is 0 Å². The fourth-order valence-corrected chi connectivity index (χ4v) is 4.61. The lowest BCUT2D eigenvalue weighted by atomic mass is 10.1. The lowest BCUT2D eigenvalue weighted by molar-refractivity contribution is -0.120. The Labute approximate surface area is 176 Å². The van der Waals surface area contributed by atoms with Crippen molar-refractivity contribution in [2.45, 2.75) is 90.8 Å². The van der Waals surface area contributed by atoms with Crippen molar-refractivity contribution in [3.05, 3.63) is 18.0 Å². The van der Waals surface area contributed by atoms with Crippen molar-refractivity contribution in [3.63, 3.8) is 0 Å². The summed E-state index contributed by atoms with van der Waals surface area (Å²) in [6.07, 6.45) is 11.1. The summed E-state index contributed by atoms with van der Waals surface area (Å²) in [5.74, 6) is 1.63. The lowest BCUT2D eigenvalue weighted by Gasteiger charge is -2.43. The minimum atomic E-state index is 0.0631. The van der Waals surface area contributed by atoms with Gasteiger partial charge < -0.3 is 10.2 Å². The topological polar surface area (TPSA) is 61.4 Å². The number of nitrogens with one attached hydrogen (secondary N) is 1. The first kappa shape index (κ1) is 22.0. The Balaban J connectivity index is 1.47. The van der Waals surface area contributed by atoms with E-state index in [1.165, 1.54) is 32.1 Å². The number of rotatable bonds is 10. The molecule has 0 aromatic carbocycles. The molecule has 6 nitrogen and oxygen atoms in total. The van der Waals surface area contributed by atoms with Crippen molar-refractivity contribution in [1.82, 2.24) is 20.2 Å². The van der Waals surface area contributed by atoms with Crippen molar-refractivity contribution in [2.24, 2.45) is 5.92 Å². The highest BCUT2D eigenvalue weighted by Crippen LogP contribution is 2.33. The predicted molar refractivity (Wildman–Crippen MR) is 118 cm³/mol. The lowest BCUT2D eigenvalue weighted by Crippen LogP contribution is -2.56. The number of fused-ring (bicyclic) bond motifs is 2. The molecular formula is C23H39N5O. The average molecular weight is 402 g/mol. The number of aromatic nitrogens is 2. The quantitative estimate of drug-likeness (QED) is 0.609. The van der Waals surface area contributed by atoms with E-state index in [0.717, 1.165) is 43.5 Å². The molecule has 2 aliphatic heterocycles. The number of amides is 1. The molecule has 3 unspecified atom stereocenters. The van der Waals surface area contributed by atoms with Crippen LogP contribution in [0, 0.1) is 5.92 Å². The van der Waals surface area contributed by atoms with Crippen molar-refractivity contribution >= 4 is 11.9 Å². The fraction of sp³-hybridized carbons (Fsp3) is 0.783. The number of likely N-dealkylation sites (tertiary alicyclic amines) is 1. The molecule has 2 aliphatic rings. The van der Waals surface area contributed by atoms with Gasteiger partial charge >= 0.3 is 0 Å². The minimum Gasteiger partial charge on any atom is -0.356 e. The maximum Gasteiger partial charge on any atom is 0.225 e. The third kappa shape index (κ3) is 5.91. The van der Waals surface area contributed by atoms with E-state index in [9.17, 15) is 4.79 Å². The molecule has 2 saturated heterocycles. The van der Waals surface area contributed by atoms with E-state index in [1.807, 2.05) is 12.4 Å². The van der Waals surface area contributed by atoms with Crippen LogP contribution in [0.3, 0.4) is 0 Å². The van der Waals surface area contributed by atoms with Gasteiger partial charge in [-0.25, -0.2) is 9.97 Å². The zero-order chi connectivity index (χ0) is 20.8. The molecule has 2 fully saturated rings. The minimum absolute atomic E-state index is 0.0631. The highest BCUT2D eigenvalue weighted by molar-refractivity contribution is 5.78. The van der Waals surface area contributed by atoms with Crippen molar-refractivity contribution in [1.29, 1.82) is 0 Å². The monoisotopic (exact) mass is 401 g/mol. The van der Waals surface area contributed by atoms with Crippen molar-refractivity contribution < 1.29 is 4.79 Å². The summed E-state index contributed by atoms with van der Waals surface area (Å²) >= 11 is 0. The van der Waals surface area contributed by atoms with Gasteiger partial charge in [-0.3, -0.25) is 9.69 Å². The Morgan fingerprint density at radius 2 is 1.79 bits per heavy atom. The zero-order valence-corrected chi connectivity index (χ0v) is 18.7. The van der Waals surface area contributed by atoms with E-state index in [1.54, 1.807) is 0 Å². The predicted octanol–water partition coefficient (Wildman–Crippen LogP) is 3.41. The largest absolute Gasteiger partial charge is 0.356 e. The fourth-order valence-electron chi connectivity index (χ4n) is 4.61. The summed E-state index contributed by atoms with van der Waals surface area (Å²) < 4.78 is 0. The first-order valence-corrected chi connectivity index (χ1v) is 11.6. The third-order valence-electron chi connectivity index (χ3n) is 6.54. The molecule has 1 amide bonds. The highest BCUT2D eigenvalue weighted by atomic mass is 16.1. The van der Waals surface area contributed by atoms with Gasteiger partial charge in [-0.05, 0) is 44.1 Å². The molecule has 6 heteroatoms. The van der Waals surface area contributed by atoms with E-state index in [2.05, 4.69) is 52.8 Å². The van der Waals surface area contributed by atoms with Crippen LogP contribution in [-0.2, 0) is 11.2 Å². The molecule has 3 rings (SSSR count). The Kier molecular flexibility index (Phi) is 7.87. The Morgan fingerprint density at radius 3 is 2.38 bits per heavy atom. The maximum atomic E-state index is 12.2. The Bertz CT molecular complexity index is 633. The van der Waals surface area contributed by atoms with Crippen LogP contribution in [0.2, 0.25) is 0 Å². The second kappa shape index (κ2) is 10.4. The van der Waals surface area contributed by atoms with Gasteiger partial charge in [0, 0.05) is 50.2 Å². The van der Waals surface area contributed by atoms with Crippen LogP contribution < -0.4 is 10.2 Å². The van der Waals surface area contributed by atoms with Gasteiger partial charge in [-0.1, -0.05) is 33.6 Å². The summed E-state index contributed by atoms with van der Waals surface area (Å²) in [5, 5.41) is 3.02. The molecule has 1 aromatic rings. The molecular weight excluding hydrogens is 362 g/mol. The molecule has 3 heterocycles. The van der Waals surface area contributed by atoms with E-state index in [4.69, 9.17) is 0 Å². The van der Waals surface area contributed by atoms with Gasteiger partial charge in [0.2, 0.25) is 11.9 Å². The molecule has 3 atom stereocenters. The summed E-state index contributed by atoms with van der Waals surface area (Å²) in [7, 11) is 0. The van der Waals surface area contributed by atoms with Gasteiger partial charge in [-0.2, -0.15) is 0 Å². The molecule has 162 valence electrons. The number of piperazine rings is 1. The number of unbranched alkanes of at least 4 members (excludes halogenated alkanes) is 1. The third-order valence-corrected chi connectivity index (χ3v) is 6.54. The average Bonchev–Trinajstić information content (AvgIpc) is 2.96. The van der Waals surface area contributed by atoms with Gasteiger partial charge in [0.05, 0.1) is 6.42 Å². The molecule has 0 spiro atoms. The standard InChI is InChI=1S/C23H39N5O/c1-5-18(4)27-15-20-9-10-21(16-27)28(20)23-25-13-19(14-26-23)12-22(29)24-11-7-6-8-17(2)3/h13-14,17-18,20-21H,5-12,15-16H2,1-4H3,(H,24,29). The van der Waals surface area contributed by atoms with Crippen LogP contribution in [0.15, 0.2) is 12.4 Å². The smallest absolute Gasteiger partial charge is 0.225 e. The van der Waals surface area contributed by atoms with E-state index in [0.29, 0.717) is 24.5 Å². The first-order chi connectivity index (χ1) is 14.0. The molecule has 0 saturated carbocycles. The molecule has 1 N–H and O–H groups in total. The Hall–Kier alpha value is -1.69. The molecule has 0 aliphatic carbocycles. The normalized spacial score (nSPS) is 22.9. The second-order valence-corrected chi connectivity index (χ2v) is 9.31. The van der Waals surface area contributed by atoms with Crippen molar-refractivity contribution in [3.8, 4) is 0 Å². The SMILES string of the molecule is CCC(C)N1CC2CCC(C1)N2c1ncc(CC(=O)NCCCCC(C)C)cn1. The molecule has 0 radical (unpaired) electrons. The van der Waals surface area contributed by atoms with Crippen LogP contribution in [0.1, 0.15) is 71.8 Å². The van der Waals surface area contributed by atoms with Gasteiger partial charge in [0.1, 0.15) is 0 Å². The van der Waals surface area contributed by atoms with E-state index < -0.39 is 0 Å². The first-order valence-electron chi connectivity index (χ1n) is 11.6. The van der Waals surface area contributed by atoms with Crippen LogP contribution >= 0.6 is 0 Å². The Morgan fingerprint density at radius 1 is 1.14 bits per heavy atom. The zero-order valence-electron chi connectivity index (χ0n) is 18.7. The molecule has 2 bridgehead atoms. The number of carbonyl (C=O) groups is 1. The maximum absolute atomic E-state index is 12.2. The number of hydrogen-bond donors (Lipinski definition) is 1. The summed E-state index contributed by atoms with van der Waals surface area (Å²) in [5.41, 5.74) is 0.888. The summed E-state index contributed by atoms with van der Waals surface area (Å²) in [6.45, 7) is 12.0. The number of anilines is 1. The molecule has 1 aromatic heterocycles. The van der Waals surface area contributed by atoms with Crippen LogP contribution in [0.25, 0.3) is 0 Å². The molecule has 29 heavy (non-hydrogen) atoms. The van der Waals surface area contributed by atoms with Gasteiger partial charge in [0.25, 0.3) is 0 Å².